The van der Waals surface area contributed by atoms with Crippen molar-refractivity contribution in [2.75, 3.05) is 5.32 Å². The molecule has 0 fully saturated rings. The van der Waals surface area contributed by atoms with Gasteiger partial charge in [-0.2, -0.15) is 5.10 Å². The van der Waals surface area contributed by atoms with E-state index in [9.17, 15) is 4.79 Å². The zero-order valence-corrected chi connectivity index (χ0v) is 14.7. The SMILES string of the molecule is O=C(Nc1c2c(nn1-c1ccccc1)CCC2)c1ccc(Br)s1. The fraction of sp³-hybridized carbons (Fsp3) is 0.176. The first kappa shape index (κ1) is 14.7. The summed E-state index contributed by atoms with van der Waals surface area (Å²) >= 11 is 4.83. The maximum Gasteiger partial charge on any atom is 0.266 e. The summed E-state index contributed by atoms with van der Waals surface area (Å²) in [6.07, 6.45) is 3.04. The number of rotatable bonds is 3. The summed E-state index contributed by atoms with van der Waals surface area (Å²) in [5.41, 5.74) is 3.22. The Kier molecular flexibility index (Phi) is 3.79. The molecule has 1 aromatic carbocycles. The van der Waals surface area contributed by atoms with Crippen LogP contribution in [0, 0.1) is 0 Å². The topological polar surface area (TPSA) is 46.9 Å². The lowest BCUT2D eigenvalue weighted by molar-refractivity contribution is 0.102. The molecule has 0 bridgehead atoms. The second-order valence-electron chi connectivity index (χ2n) is 5.43. The molecule has 1 aliphatic rings. The number of thiophene rings is 1. The molecular weight excluding hydrogens is 374 g/mol. The van der Waals surface area contributed by atoms with E-state index in [0.717, 1.165) is 45.8 Å². The molecule has 0 spiro atoms. The van der Waals surface area contributed by atoms with Crippen LogP contribution in [0.25, 0.3) is 5.69 Å². The van der Waals surface area contributed by atoms with Crippen LogP contribution in [0.4, 0.5) is 5.82 Å². The van der Waals surface area contributed by atoms with Crippen molar-refractivity contribution in [3.8, 4) is 5.69 Å². The maximum absolute atomic E-state index is 12.5. The Labute approximate surface area is 146 Å². The Morgan fingerprint density at radius 1 is 1.17 bits per heavy atom. The van der Waals surface area contributed by atoms with Crippen LogP contribution in [0.15, 0.2) is 46.3 Å². The second kappa shape index (κ2) is 5.94. The van der Waals surface area contributed by atoms with Crippen LogP contribution < -0.4 is 5.32 Å². The van der Waals surface area contributed by atoms with Gasteiger partial charge in [-0.05, 0) is 59.5 Å². The van der Waals surface area contributed by atoms with Crippen molar-refractivity contribution in [2.45, 2.75) is 19.3 Å². The third-order valence-electron chi connectivity index (χ3n) is 3.94. The number of hydrogen-bond acceptors (Lipinski definition) is 3. The van der Waals surface area contributed by atoms with E-state index in [0.29, 0.717) is 4.88 Å². The summed E-state index contributed by atoms with van der Waals surface area (Å²) in [6.45, 7) is 0. The number of halogens is 1. The van der Waals surface area contributed by atoms with E-state index in [1.54, 1.807) is 0 Å². The predicted molar refractivity (Wildman–Crippen MR) is 95.6 cm³/mol. The summed E-state index contributed by atoms with van der Waals surface area (Å²) in [5.74, 6) is 0.714. The van der Waals surface area contributed by atoms with Crippen molar-refractivity contribution in [3.05, 3.63) is 62.4 Å². The van der Waals surface area contributed by atoms with Crippen LogP contribution in [0.3, 0.4) is 0 Å². The number of anilines is 1. The Balaban J connectivity index is 1.74. The normalized spacial score (nSPS) is 13.1. The highest BCUT2D eigenvalue weighted by molar-refractivity contribution is 9.11. The molecule has 4 rings (SSSR count). The minimum absolute atomic E-state index is 0.0903. The number of nitrogens with zero attached hydrogens (tertiary/aromatic N) is 2. The lowest BCUT2D eigenvalue weighted by Gasteiger charge is -2.10. The first-order chi connectivity index (χ1) is 11.2. The van der Waals surface area contributed by atoms with Crippen molar-refractivity contribution in [1.82, 2.24) is 9.78 Å². The van der Waals surface area contributed by atoms with Gasteiger partial charge in [0.1, 0.15) is 5.82 Å². The molecule has 1 aliphatic carbocycles. The van der Waals surface area contributed by atoms with Gasteiger partial charge < -0.3 is 5.32 Å². The molecule has 1 amide bonds. The van der Waals surface area contributed by atoms with Gasteiger partial charge in [-0.25, -0.2) is 4.68 Å². The molecule has 23 heavy (non-hydrogen) atoms. The van der Waals surface area contributed by atoms with Crippen LogP contribution in [0.1, 0.15) is 27.3 Å². The van der Waals surface area contributed by atoms with Crippen molar-refractivity contribution in [2.24, 2.45) is 0 Å². The quantitative estimate of drug-likeness (QED) is 0.721. The van der Waals surface area contributed by atoms with E-state index in [2.05, 4.69) is 21.2 Å². The van der Waals surface area contributed by atoms with Gasteiger partial charge in [-0.1, -0.05) is 18.2 Å². The smallest absolute Gasteiger partial charge is 0.266 e. The fourth-order valence-corrected chi connectivity index (χ4v) is 4.16. The average Bonchev–Trinajstić information content (AvgIpc) is 3.25. The van der Waals surface area contributed by atoms with E-state index >= 15 is 0 Å². The number of fused-ring (bicyclic) bond motifs is 1. The molecule has 4 nitrogen and oxygen atoms in total. The van der Waals surface area contributed by atoms with Crippen LogP contribution in [0.5, 0.6) is 0 Å². The number of hydrogen-bond donors (Lipinski definition) is 1. The number of aryl methyl sites for hydroxylation is 1. The van der Waals surface area contributed by atoms with E-state index in [-0.39, 0.29) is 5.91 Å². The van der Waals surface area contributed by atoms with Crippen LogP contribution in [0.2, 0.25) is 0 Å². The van der Waals surface area contributed by atoms with Crippen molar-refractivity contribution in [3.63, 3.8) is 0 Å². The van der Waals surface area contributed by atoms with Gasteiger partial charge in [0.2, 0.25) is 0 Å². The molecule has 116 valence electrons. The number of aromatic nitrogens is 2. The molecule has 0 atom stereocenters. The van der Waals surface area contributed by atoms with E-state index < -0.39 is 0 Å². The van der Waals surface area contributed by atoms with Crippen LogP contribution in [-0.4, -0.2) is 15.7 Å². The van der Waals surface area contributed by atoms with E-state index in [1.807, 2.05) is 47.1 Å². The van der Waals surface area contributed by atoms with Gasteiger partial charge in [0.25, 0.3) is 5.91 Å². The number of carbonyl (C=O) groups excluding carboxylic acids is 1. The molecule has 0 saturated carbocycles. The van der Waals surface area contributed by atoms with Gasteiger partial charge in [0.05, 0.1) is 20.0 Å². The third-order valence-corrected chi connectivity index (χ3v) is 5.56. The highest BCUT2D eigenvalue weighted by Gasteiger charge is 2.24. The van der Waals surface area contributed by atoms with Crippen molar-refractivity contribution < 1.29 is 4.79 Å². The molecule has 6 heteroatoms. The monoisotopic (exact) mass is 387 g/mol. The van der Waals surface area contributed by atoms with Gasteiger partial charge in [0, 0.05) is 5.56 Å². The molecular formula is C17H14BrN3OS. The second-order valence-corrected chi connectivity index (χ2v) is 7.90. The molecule has 0 saturated heterocycles. The number of amides is 1. The summed E-state index contributed by atoms with van der Waals surface area (Å²) < 4.78 is 2.80. The van der Waals surface area contributed by atoms with Crippen molar-refractivity contribution in [1.29, 1.82) is 0 Å². The number of para-hydroxylation sites is 1. The first-order valence-corrected chi connectivity index (χ1v) is 9.06. The standard InChI is InChI=1S/C17H14BrN3OS/c18-15-10-9-14(23-15)17(22)19-16-12-7-4-8-13(12)20-21(16)11-5-2-1-3-6-11/h1-3,5-6,9-10H,4,7-8H2,(H,19,22). The summed E-state index contributed by atoms with van der Waals surface area (Å²) in [4.78, 5) is 13.2. The Hall–Kier alpha value is -1.92. The van der Waals surface area contributed by atoms with E-state index in [1.165, 1.54) is 11.3 Å². The molecule has 2 heterocycles. The van der Waals surface area contributed by atoms with Gasteiger partial charge >= 0.3 is 0 Å². The highest BCUT2D eigenvalue weighted by atomic mass is 79.9. The van der Waals surface area contributed by atoms with Crippen LogP contribution >= 0.6 is 27.3 Å². The largest absolute Gasteiger partial charge is 0.306 e. The lowest BCUT2D eigenvalue weighted by atomic mass is 10.2. The molecule has 0 aliphatic heterocycles. The zero-order valence-electron chi connectivity index (χ0n) is 12.3. The molecule has 0 unspecified atom stereocenters. The summed E-state index contributed by atoms with van der Waals surface area (Å²) in [6, 6.07) is 13.6. The minimum atomic E-state index is -0.0903. The molecule has 3 aromatic rings. The number of carbonyl (C=O) groups is 1. The average molecular weight is 388 g/mol. The Bertz CT molecular complexity index is 869. The number of benzene rings is 1. The van der Waals surface area contributed by atoms with E-state index in [4.69, 9.17) is 5.10 Å². The minimum Gasteiger partial charge on any atom is -0.306 e. The van der Waals surface area contributed by atoms with Crippen molar-refractivity contribution >= 4 is 39.0 Å². The molecule has 2 aromatic heterocycles. The van der Waals surface area contributed by atoms with Gasteiger partial charge in [0.15, 0.2) is 0 Å². The fourth-order valence-electron chi connectivity index (χ4n) is 2.88. The zero-order chi connectivity index (χ0) is 15.8. The summed E-state index contributed by atoms with van der Waals surface area (Å²) in [5, 5.41) is 7.78. The van der Waals surface area contributed by atoms with Gasteiger partial charge in [-0.3, -0.25) is 4.79 Å². The Morgan fingerprint density at radius 3 is 2.74 bits per heavy atom. The predicted octanol–water partition coefficient (Wildman–Crippen LogP) is 4.44. The molecule has 0 radical (unpaired) electrons. The lowest BCUT2D eigenvalue weighted by Crippen LogP contribution is -2.15. The first-order valence-electron chi connectivity index (χ1n) is 7.45. The van der Waals surface area contributed by atoms with Gasteiger partial charge in [-0.15, -0.1) is 11.3 Å². The van der Waals surface area contributed by atoms with Crippen LogP contribution in [-0.2, 0) is 12.8 Å². The maximum atomic E-state index is 12.5. The number of nitrogens with one attached hydrogen (secondary N) is 1. The highest BCUT2D eigenvalue weighted by Crippen LogP contribution is 2.32. The Morgan fingerprint density at radius 2 is 2.00 bits per heavy atom. The summed E-state index contributed by atoms with van der Waals surface area (Å²) in [7, 11) is 0. The molecule has 1 N–H and O–H groups in total. The third kappa shape index (κ3) is 2.72.